The van der Waals surface area contributed by atoms with Crippen LogP contribution in [0.3, 0.4) is 0 Å². The Hall–Kier alpha value is -3.07. The summed E-state index contributed by atoms with van der Waals surface area (Å²) in [4.78, 5) is 29.0. The molecule has 1 aliphatic rings. The molecule has 3 rings (SSSR count). The average molecular weight is 281 g/mol. The number of carbonyl (C=O) groups is 2. The molecular weight excluding hydrogens is 273 g/mol. The molecular formula is C15H8FN3O2. The van der Waals surface area contributed by atoms with Crippen LogP contribution in [0, 0.1) is 17.1 Å². The van der Waals surface area contributed by atoms with E-state index in [1.54, 1.807) is 12.1 Å². The van der Waals surface area contributed by atoms with Crippen LogP contribution in [0.5, 0.6) is 0 Å². The molecule has 0 radical (unpaired) electrons. The highest BCUT2D eigenvalue weighted by molar-refractivity contribution is 6.52. The van der Waals surface area contributed by atoms with E-state index in [1.807, 2.05) is 6.07 Å². The number of carbonyl (C=O) groups excluding carboxylic acids is 2. The van der Waals surface area contributed by atoms with E-state index in [4.69, 9.17) is 5.26 Å². The molecule has 0 fully saturated rings. The second-order valence-electron chi connectivity index (χ2n) is 4.54. The Balaban J connectivity index is 1.99. The van der Waals surface area contributed by atoms with Crippen LogP contribution in [0.4, 0.5) is 10.1 Å². The number of nitrogens with zero attached hydrogens (tertiary/aromatic N) is 3. The first-order chi connectivity index (χ1) is 10.1. The average Bonchev–Trinajstić information content (AvgIpc) is 2.72. The predicted molar refractivity (Wildman–Crippen MR) is 70.9 cm³/mol. The first-order valence-corrected chi connectivity index (χ1v) is 6.11. The third-order valence-electron chi connectivity index (χ3n) is 3.21. The number of rotatable bonds is 2. The summed E-state index contributed by atoms with van der Waals surface area (Å²) in [7, 11) is 0. The largest absolute Gasteiger partial charge is 0.300 e. The van der Waals surface area contributed by atoms with Gasteiger partial charge in [0.05, 0.1) is 17.8 Å². The van der Waals surface area contributed by atoms with E-state index in [0.29, 0.717) is 11.3 Å². The second-order valence-corrected chi connectivity index (χ2v) is 4.54. The van der Waals surface area contributed by atoms with E-state index in [1.165, 1.54) is 23.2 Å². The van der Waals surface area contributed by atoms with Gasteiger partial charge in [-0.15, -0.1) is 0 Å². The van der Waals surface area contributed by atoms with Gasteiger partial charge in [-0.05, 0) is 35.9 Å². The van der Waals surface area contributed by atoms with E-state index in [-0.39, 0.29) is 17.8 Å². The molecule has 0 saturated carbocycles. The molecule has 2 aromatic rings. The number of hydrogen-bond acceptors (Lipinski definition) is 4. The Morgan fingerprint density at radius 1 is 1.24 bits per heavy atom. The number of hydrogen-bond donors (Lipinski definition) is 0. The highest BCUT2D eigenvalue weighted by Gasteiger charge is 2.35. The number of aromatic nitrogens is 1. The molecule has 0 saturated heterocycles. The van der Waals surface area contributed by atoms with E-state index >= 15 is 0 Å². The standard InChI is InChI=1S/C15H8FN3O2/c16-10-1-2-13-12(6-10)14(20)15(21)19(13)8-9-3-4-18-11(5-9)7-17/h1-6H,8H2. The Labute approximate surface area is 119 Å². The molecule has 1 aliphatic heterocycles. The Bertz CT molecular complexity index is 811. The number of Topliss-reactive ketones (excluding diaryl/α,β-unsaturated/α-hetero) is 1. The monoisotopic (exact) mass is 281 g/mol. The van der Waals surface area contributed by atoms with Gasteiger partial charge in [0.1, 0.15) is 17.6 Å². The molecule has 0 atom stereocenters. The second kappa shape index (κ2) is 4.80. The van der Waals surface area contributed by atoms with Crippen molar-refractivity contribution in [3.05, 3.63) is 59.2 Å². The summed E-state index contributed by atoms with van der Waals surface area (Å²) in [5.41, 5.74) is 1.33. The Morgan fingerprint density at radius 2 is 2.05 bits per heavy atom. The number of benzene rings is 1. The van der Waals surface area contributed by atoms with Crippen molar-refractivity contribution in [3.63, 3.8) is 0 Å². The summed E-state index contributed by atoms with van der Waals surface area (Å²) in [6.07, 6.45) is 1.46. The van der Waals surface area contributed by atoms with Crippen molar-refractivity contribution in [1.82, 2.24) is 4.98 Å². The lowest BCUT2D eigenvalue weighted by atomic mass is 10.1. The SMILES string of the molecule is N#Cc1cc(CN2C(=O)C(=O)c3cc(F)ccc32)ccn1. The Morgan fingerprint density at radius 3 is 2.81 bits per heavy atom. The molecule has 5 nitrogen and oxygen atoms in total. The fraction of sp³-hybridized carbons (Fsp3) is 0.0667. The maximum atomic E-state index is 13.2. The maximum absolute atomic E-state index is 13.2. The minimum atomic E-state index is -0.723. The third-order valence-corrected chi connectivity index (χ3v) is 3.21. The van der Waals surface area contributed by atoms with Crippen LogP contribution in [0.2, 0.25) is 0 Å². The van der Waals surface area contributed by atoms with Crippen LogP contribution in [-0.2, 0) is 11.3 Å². The topological polar surface area (TPSA) is 74.1 Å². The number of pyridine rings is 1. The molecule has 102 valence electrons. The van der Waals surface area contributed by atoms with Crippen LogP contribution in [0.25, 0.3) is 0 Å². The molecule has 1 aromatic carbocycles. The van der Waals surface area contributed by atoms with Crippen molar-refractivity contribution in [3.8, 4) is 6.07 Å². The molecule has 2 heterocycles. The van der Waals surface area contributed by atoms with Gasteiger partial charge in [0, 0.05) is 6.20 Å². The number of ketones is 1. The van der Waals surface area contributed by atoms with E-state index in [9.17, 15) is 14.0 Å². The zero-order valence-electron chi connectivity index (χ0n) is 10.7. The minimum absolute atomic E-state index is 0.0644. The van der Waals surface area contributed by atoms with Gasteiger partial charge in [-0.1, -0.05) is 0 Å². The van der Waals surface area contributed by atoms with E-state index < -0.39 is 17.5 Å². The van der Waals surface area contributed by atoms with E-state index in [0.717, 1.165) is 6.07 Å². The van der Waals surface area contributed by atoms with Crippen molar-refractivity contribution in [2.75, 3.05) is 4.90 Å². The molecule has 21 heavy (non-hydrogen) atoms. The summed E-state index contributed by atoms with van der Waals surface area (Å²) in [6.45, 7) is 0.125. The molecule has 1 amide bonds. The highest BCUT2D eigenvalue weighted by Crippen LogP contribution is 2.30. The number of amides is 1. The van der Waals surface area contributed by atoms with Gasteiger partial charge >= 0.3 is 0 Å². The minimum Gasteiger partial charge on any atom is -0.300 e. The van der Waals surface area contributed by atoms with Gasteiger partial charge in [0.2, 0.25) is 0 Å². The molecule has 1 aromatic heterocycles. The zero-order valence-corrected chi connectivity index (χ0v) is 10.7. The van der Waals surface area contributed by atoms with Crippen molar-refractivity contribution in [2.45, 2.75) is 6.54 Å². The number of anilines is 1. The molecule has 0 aliphatic carbocycles. The van der Waals surface area contributed by atoms with Gasteiger partial charge in [0.15, 0.2) is 0 Å². The van der Waals surface area contributed by atoms with Crippen LogP contribution >= 0.6 is 0 Å². The van der Waals surface area contributed by atoms with Crippen molar-refractivity contribution < 1.29 is 14.0 Å². The van der Waals surface area contributed by atoms with Crippen molar-refractivity contribution >= 4 is 17.4 Å². The number of fused-ring (bicyclic) bond motifs is 1. The smallest absolute Gasteiger partial charge is 0.299 e. The molecule has 0 spiro atoms. The van der Waals surface area contributed by atoms with Gasteiger partial charge in [0.25, 0.3) is 11.7 Å². The predicted octanol–water partition coefficient (Wildman–Crippen LogP) is 1.82. The van der Waals surface area contributed by atoms with Crippen LogP contribution in [0.15, 0.2) is 36.5 Å². The highest BCUT2D eigenvalue weighted by atomic mass is 19.1. The Kier molecular flexibility index (Phi) is 2.95. The van der Waals surface area contributed by atoms with Crippen LogP contribution in [-0.4, -0.2) is 16.7 Å². The normalized spacial score (nSPS) is 13.2. The zero-order chi connectivity index (χ0) is 15.0. The summed E-state index contributed by atoms with van der Waals surface area (Å²) in [5.74, 6) is -1.99. The summed E-state index contributed by atoms with van der Waals surface area (Å²) >= 11 is 0. The van der Waals surface area contributed by atoms with Crippen molar-refractivity contribution in [1.29, 1.82) is 5.26 Å². The fourth-order valence-corrected chi connectivity index (χ4v) is 2.25. The molecule has 6 heteroatoms. The number of nitriles is 1. The lowest BCUT2D eigenvalue weighted by Crippen LogP contribution is -2.29. The lowest BCUT2D eigenvalue weighted by molar-refractivity contribution is -0.114. The van der Waals surface area contributed by atoms with Gasteiger partial charge in [-0.25, -0.2) is 9.37 Å². The summed E-state index contributed by atoms with van der Waals surface area (Å²) in [5, 5.41) is 8.82. The molecule has 0 unspecified atom stereocenters. The third kappa shape index (κ3) is 2.15. The fourth-order valence-electron chi connectivity index (χ4n) is 2.25. The van der Waals surface area contributed by atoms with Gasteiger partial charge < -0.3 is 4.90 Å². The van der Waals surface area contributed by atoms with Crippen molar-refractivity contribution in [2.24, 2.45) is 0 Å². The van der Waals surface area contributed by atoms with Gasteiger partial charge in [-0.3, -0.25) is 9.59 Å². The van der Waals surface area contributed by atoms with Gasteiger partial charge in [-0.2, -0.15) is 5.26 Å². The molecule has 0 bridgehead atoms. The first kappa shape index (κ1) is 12.9. The van der Waals surface area contributed by atoms with Crippen LogP contribution < -0.4 is 4.90 Å². The number of halogens is 1. The maximum Gasteiger partial charge on any atom is 0.299 e. The lowest BCUT2D eigenvalue weighted by Gasteiger charge is -2.16. The summed E-state index contributed by atoms with van der Waals surface area (Å²) < 4.78 is 13.2. The molecule has 0 N–H and O–H groups in total. The quantitative estimate of drug-likeness (QED) is 0.787. The van der Waals surface area contributed by atoms with Crippen LogP contribution in [0.1, 0.15) is 21.6 Å². The first-order valence-electron chi connectivity index (χ1n) is 6.11. The van der Waals surface area contributed by atoms with E-state index in [2.05, 4.69) is 4.98 Å². The summed E-state index contributed by atoms with van der Waals surface area (Å²) in [6, 6.07) is 8.76.